The van der Waals surface area contributed by atoms with Crippen LogP contribution in [-0.4, -0.2) is 65.4 Å². The van der Waals surface area contributed by atoms with Gasteiger partial charge in [-0.25, -0.2) is 19.7 Å². The SMILES string of the molecule is C=CC(=O)OC(O)COc1cc(-c2ccc(OCC)cc2OCC)cc(-c2ccc(OCC)cc2OCC)c1-c1ncncn1. The average molecular weight is 616 g/mol. The first-order chi connectivity index (χ1) is 21.9. The van der Waals surface area contributed by atoms with E-state index in [9.17, 15) is 9.90 Å². The Morgan fingerprint density at radius 1 is 0.756 bits per heavy atom. The molecule has 0 aliphatic carbocycles. The van der Waals surface area contributed by atoms with Crippen molar-refractivity contribution < 1.29 is 38.3 Å². The number of rotatable bonds is 16. The second kappa shape index (κ2) is 16.1. The monoisotopic (exact) mass is 615 g/mol. The van der Waals surface area contributed by atoms with Crippen LogP contribution in [0.15, 0.2) is 73.8 Å². The van der Waals surface area contributed by atoms with Crippen molar-refractivity contribution in [2.75, 3.05) is 33.0 Å². The largest absolute Gasteiger partial charge is 0.494 e. The number of aliphatic hydroxyl groups is 1. The van der Waals surface area contributed by atoms with Gasteiger partial charge in [-0.1, -0.05) is 6.58 Å². The van der Waals surface area contributed by atoms with E-state index in [4.69, 9.17) is 28.4 Å². The van der Waals surface area contributed by atoms with Gasteiger partial charge in [0.1, 0.15) is 41.4 Å². The molecule has 0 spiro atoms. The minimum atomic E-state index is -1.57. The Balaban J connectivity index is 2.00. The molecule has 0 bridgehead atoms. The number of ether oxygens (including phenoxy) is 6. The smallest absolute Gasteiger partial charge is 0.332 e. The number of carbonyl (C=O) groups is 1. The van der Waals surface area contributed by atoms with Crippen LogP contribution in [0.25, 0.3) is 33.6 Å². The van der Waals surface area contributed by atoms with Gasteiger partial charge in [0.25, 0.3) is 0 Å². The molecule has 1 aromatic heterocycles. The van der Waals surface area contributed by atoms with E-state index in [0.717, 1.165) is 17.2 Å². The van der Waals surface area contributed by atoms with E-state index in [1.54, 1.807) is 6.07 Å². The van der Waals surface area contributed by atoms with Gasteiger partial charge in [0, 0.05) is 34.9 Å². The Bertz CT molecular complexity index is 1600. The summed E-state index contributed by atoms with van der Waals surface area (Å²) in [6.45, 7) is 12.4. The zero-order chi connectivity index (χ0) is 32.2. The van der Waals surface area contributed by atoms with Gasteiger partial charge in [-0.15, -0.1) is 0 Å². The topological polar surface area (TPSA) is 131 Å². The van der Waals surface area contributed by atoms with Crippen LogP contribution in [0.4, 0.5) is 0 Å². The third-order valence-electron chi connectivity index (χ3n) is 6.35. The normalized spacial score (nSPS) is 11.3. The Kier molecular flexibility index (Phi) is 11.7. The lowest BCUT2D eigenvalue weighted by Crippen LogP contribution is -2.23. The highest BCUT2D eigenvalue weighted by Crippen LogP contribution is 2.46. The van der Waals surface area contributed by atoms with E-state index in [1.165, 1.54) is 12.7 Å². The van der Waals surface area contributed by atoms with E-state index in [-0.39, 0.29) is 6.61 Å². The molecule has 0 amide bonds. The van der Waals surface area contributed by atoms with E-state index in [1.807, 2.05) is 70.2 Å². The van der Waals surface area contributed by atoms with Gasteiger partial charge in [-0.05, 0) is 69.7 Å². The molecule has 1 heterocycles. The Morgan fingerprint density at radius 2 is 1.33 bits per heavy atom. The molecule has 0 aliphatic rings. The average Bonchev–Trinajstić information content (AvgIpc) is 3.04. The number of carbonyl (C=O) groups excluding carboxylic acids is 1. The van der Waals surface area contributed by atoms with Crippen molar-refractivity contribution in [1.82, 2.24) is 15.0 Å². The molecule has 4 aromatic rings. The summed E-state index contributed by atoms with van der Waals surface area (Å²) in [6.07, 6.45) is 2.15. The second-order valence-electron chi connectivity index (χ2n) is 9.31. The van der Waals surface area contributed by atoms with E-state index < -0.39 is 12.3 Å². The number of esters is 1. The Morgan fingerprint density at radius 3 is 1.91 bits per heavy atom. The van der Waals surface area contributed by atoms with Crippen LogP contribution in [0.5, 0.6) is 28.7 Å². The van der Waals surface area contributed by atoms with Crippen LogP contribution in [0.3, 0.4) is 0 Å². The van der Waals surface area contributed by atoms with Crippen LogP contribution in [-0.2, 0) is 9.53 Å². The lowest BCUT2D eigenvalue weighted by molar-refractivity contribution is -0.166. The highest BCUT2D eigenvalue weighted by Gasteiger charge is 2.24. The predicted octanol–water partition coefficient (Wildman–Crippen LogP) is 5.89. The van der Waals surface area contributed by atoms with E-state index in [2.05, 4.69) is 21.5 Å². The summed E-state index contributed by atoms with van der Waals surface area (Å²) < 4.78 is 34.7. The van der Waals surface area contributed by atoms with Gasteiger partial charge < -0.3 is 33.5 Å². The highest BCUT2D eigenvalue weighted by molar-refractivity contribution is 5.92. The molecular formula is C34H37N3O8. The molecule has 11 nitrogen and oxygen atoms in total. The minimum Gasteiger partial charge on any atom is -0.494 e. The molecule has 1 unspecified atom stereocenters. The van der Waals surface area contributed by atoms with Crippen molar-refractivity contribution in [3.8, 4) is 62.4 Å². The molecule has 11 heteroatoms. The minimum absolute atomic E-state index is 0.301. The molecule has 236 valence electrons. The molecule has 0 saturated carbocycles. The molecular weight excluding hydrogens is 578 g/mol. The van der Waals surface area contributed by atoms with Crippen LogP contribution in [0.1, 0.15) is 27.7 Å². The number of aliphatic hydroxyl groups excluding tert-OH is 1. The Labute approximate surface area is 262 Å². The Hall–Kier alpha value is -5.16. The zero-order valence-electron chi connectivity index (χ0n) is 25.8. The molecule has 4 rings (SSSR count). The fourth-order valence-electron chi connectivity index (χ4n) is 4.60. The zero-order valence-corrected chi connectivity index (χ0v) is 25.8. The number of hydrogen-bond acceptors (Lipinski definition) is 11. The van der Waals surface area contributed by atoms with Gasteiger partial charge >= 0.3 is 5.97 Å². The third kappa shape index (κ3) is 8.27. The van der Waals surface area contributed by atoms with Gasteiger partial charge in [-0.3, -0.25) is 0 Å². The van der Waals surface area contributed by atoms with Crippen LogP contribution in [0, 0.1) is 0 Å². The second-order valence-corrected chi connectivity index (χ2v) is 9.31. The number of aromatic nitrogens is 3. The van der Waals surface area contributed by atoms with Crippen molar-refractivity contribution in [3.63, 3.8) is 0 Å². The first-order valence-electron chi connectivity index (χ1n) is 14.7. The fourth-order valence-corrected chi connectivity index (χ4v) is 4.60. The fraction of sp³-hybridized carbons (Fsp3) is 0.294. The molecule has 3 aromatic carbocycles. The predicted molar refractivity (Wildman–Crippen MR) is 169 cm³/mol. The summed E-state index contributed by atoms with van der Waals surface area (Å²) >= 11 is 0. The lowest BCUT2D eigenvalue weighted by atomic mass is 9.92. The van der Waals surface area contributed by atoms with Gasteiger partial charge in [0.05, 0.1) is 32.0 Å². The van der Waals surface area contributed by atoms with E-state index >= 15 is 0 Å². The first-order valence-corrected chi connectivity index (χ1v) is 14.7. The summed E-state index contributed by atoms with van der Waals surface area (Å²) in [7, 11) is 0. The number of nitrogens with zero attached hydrogens (tertiary/aromatic N) is 3. The number of hydrogen-bond donors (Lipinski definition) is 1. The van der Waals surface area contributed by atoms with Crippen LogP contribution in [0.2, 0.25) is 0 Å². The molecule has 0 saturated heterocycles. The maximum atomic E-state index is 11.7. The van der Waals surface area contributed by atoms with Crippen molar-refractivity contribution in [2.24, 2.45) is 0 Å². The van der Waals surface area contributed by atoms with Crippen molar-refractivity contribution in [3.05, 3.63) is 73.8 Å². The molecule has 0 fully saturated rings. The third-order valence-corrected chi connectivity index (χ3v) is 6.35. The van der Waals surface area contributed by atoms with Crippen LogP contribution < -0.4 is 23.7 Å². The van der Waals surface area contributed by atoms with Gasteiger partial charge in [0.15, 0.2) is 12.4 Å². The highest BCUT2D eigenvalue weighted by atomic mass is 16.7. The lowest BCUT2D eigenvalue weighted by Gasteiger charge is -2.21. The maximum absolute atomic E-state index is 11.7. The van der Waals surface area contributed by atoms with Crippen molar-refractivity contribution in [2.45, 2.75) is 34.0 Å². The summed E-state index contributed by atoms with van der Waals surface area (Å²) in [4.78, 5) is 24.5. The van der Waals surface area contributed by atoms with Gasteiger partial charge in [-0.2, -0.15) is 0 Å². The summed E-state index contributed by atoms with van der Waals surface area (Å²) in [5, 5.41) is 10.4. The van der Waals surface area contributed by atoms with E-state index in [0.29, 0.717) is 77.7 Å². The standard InChI is InChI=1S/C34H37N3O8/c1-6-31(38)45-32(39)19-44-30-16-22(25-13-11-23(40-7-2)17-28(25)42-9-4)15-27(33(30)34-36-20-35-21-37-34)26-14-12-24(41-8-3)18-29(26)43-10-5/h6,11-18,20-21,32,39H,1,7-10,19H2,2-5H3. The quantitative estimate of drug-likeness (QED) is 0.0919. The molecule has 1 atom stereocenters. The summed E-state index contributed by atoms with van der Waals surface area (Å²) in [5.41, 5.74) is 3.35. The number of benzene rings is 3. The first kappa shape index (κ1) is 32.7. The van der Waals surface area contributed by atoms with Gasteiger partial charge in [0.2, 0.25) is 6.29 Å². The summed E-state index contributed by atoms with van der Waals surface area (Å²) in [5.74, 6) is 2.31. The molecule has 0 aliphatic heterocycles. The molecule has 1 N–H and O–H groups in total. The van der Waals surface area contributed by atoms with Crippen LogP contribution >= 0.6 is 0 Å². The summed E-state index contributed by atoms with van der Waals surface area (Å²) in [6, 6.07) is 14.9. The molecule has 45 heavy (non-hydrogen) atoms. The van der Waals surface area contributed by atoms with Crippen molar-refractivity contribution in [1.29, 1.82) is 0 Å². The molecule has 0 radical (unpaired) electrons. The van der Waals surface area contributed by atoms with Crippen molar-refractivity contribution >= 4 is 5.97 Å². The maximum Gasteiger partial charge on any atom is 0.332 e.